The molecule has 0 fully saturated rings. The third kappa shape index (κ3) is 4.15. The van der Waals surface area contributed by atoms with Crippen molar-refractivity contribution < 1.29 is 4.79 Å². The largest absolute Gasteiger partial charge is 0.330 e. The molecule has 5 heteroatoms. The van der Waals surface area contributed by atoms with Crippen LogP contribution in [0.2, 0.25) is 0 Å². The fraction of sp³-hybridized carbons (Fsp3) is 0.0870. The van der Waals surface area contributed by atoms with Gasteiger partial charge in [0.15, 0.2) is 0 Å². The monoisotopic (exact) mass is 368 g/mol. The van der Waals surface area contributed by atoms with Crippen LogP contribution in [0.3, 0.4) is 0 Å². The average molecular weight is 368 g/mol. The molecule has 0 spiro atoms. The number of nitrogens with zero attached hydrogens (tertiary/aromatic N) is 4. The quantitative estimate of drug-likeness (QED) is 0.515. The molecule has 4 aromatic rings. The van der Waals surface area contributed by atoms with Gasteiger partial charge in [-0.25, -0.2) is 9.97 Å². The Morgan fingerprint density at radius 3 is 2.00 bits per heavy atom. The summed E-state index contributed by atoms with van der Waals surface area (Å²) in [5, 5.41) is 0. The molecule has 28 heavy (non-hydrogen) atoms. The Morgan fingerprint density at radius 1 is 0.857 bits per heavy atom. The van der Waals surface area contributed by atoms with Crippen LogP contribution >= 0.6 is 0 Å². The zero-order valence-electron chi connectivity index (χ0n) is 15.3. The van der Waals surface area contributed by atoms with Crippen LogP contribution in [0.1, 0.15) is 21.5 Å². The normalized spacial score (nSPS) is 10.6. The van der Waals surface area contributed by atoms with E-state index in [0.717, 1.165) is 16.9 Å². The number of hydrogen-bond acceptors (Lipinski definition) is 3. The summed E-state index contributed by atoms with van der Waals surface area (Å²) in [5.74, 6) is 0.684. The number of pyridine rings is 1. The van der Waals surface area contributed by atoms with E-state index in [-0.39, 0.29) is 5.91 Å². The van der Waals surface area contributed by atoms with Crippen LogP contribution in [0.15, 0.2) is 97.7 Å². The molecule has 0 bridgehead atoms. The number of aromatic nitrogens is 3. The molecule has 2 heterocycles. The first kappa shape index (κ1) is 17.7. The summed E-state index contributed by atoms with van der Waals surface area (Å²) < 4.78 is 1.81. The highest BCUT2D eigenvalue weighted by molar-refractivity contribution is 5.94. The van der Waals surface area contributed by atoms with Gasteiger partial charge < -0.3 is 4.90 Å². The van der Waals surface area contributed by atoms with Gasteiger partial charge in [-0.2, -0.15) is 0 Å². The van der Waals surface area contributed by atoms with Crippen LogP contribution < -0.4 is 0 Å². The lowest BCUT2D eigenvalue weighted by Gasteiger charge is -2.23. The Balaban J connectivity index is 1.58. The highest BCUT2D eigenvalue weighted by atomic mass is 16.2. The third-order valence-corrected chi connectivity index (χ3v) is 4.48. The minimum atomic E-state index is -0.0441. The van der Waals surface area contributed by atoms with E-state index < -0.39 is 0 Å². The summed E-state index contributed by atoms with van der Waals surface area (Å²) in [5.41, 5.74) is 2.75. The van der Waals surface area contributed by atoms with Gasteiger partial charge in [-0.1, -0.05) is 60.7 Å². The lowest BCUT2D eigenvalue weighted by molar-refractivity contribution is 0.0729. The maximum atomic E-state index is 13.2. The third-order valence-electron chi connectivity index (χ3n) is 4.48. The van der Waals surface area contributed by atoms with Crippen molar-refractivity contribution in [1.82, 2.24) is 19.4 Å². The second-order valence-corrected chi connectivity index (χ2v) is 6.51. The Kier molecular flexibility index (Phi) is 5.24. The van der Waals surface area contributed by atoms with Gasteiger partial charge in [-0.3, -0.25) is 9.36 Å². The molecule has 0 atom stereocenters. The molecular formula is C23H20N4O. The first-order chi connectivity index (χ1) is 13.8. The summed E-state index contributed by atoms with van der Waals surface area (Å²) in [6.45, 7) is 1.08. The van der Waals surface area contributed by atoms with Crippen molar-refractivity contribution in [1.29, 1.82) is 0 Å². The van der Waals surface area contributed by atoms with Crippen molar-refractivity contribution in [2.45, 2.75) is 13.1 Å². The van der Waals surface area contributed by atoms with E-state index in [9.17, 15) is 4.79 Å². The molecule has 0 unspecified atom stereocenters. The van der Waals surface area contributed by atoms with Gasteiger partial charge in [0.1, 0.15) is 12.1 Å². The molecule has 0 radical (unpaired) electrons. The van der Waals surface area contributed by atoms with E-state index in [1.165, 1.54) is 0 Å². The number of carbonyl (C=O) groups excluding carboxylic acids is 1. The van der Waals surface area contributed by atoms with Crippen molar-refractivity contribution >= 4 is 5.91 Å². The van der Waals surface area contributed by atoms with Crippen LogP contribution in [0.25, 0.3) is 5.82 Å². The summed E-state index contributed by atoms with van der Waals surface area (Å²) >= 11 is 0. The molecule has 0 aliphatic heterocycles. The van der Waals surface area contributed by atoms with E-state index >= 15 is 0 Å². The molecule has 1 amide bonds. The van der Waals surface area contributed by atoms with Gasteiger partial charge in [-0.05, 0) is 23.3 Å². The van der Waals surface area contributed by atoms with E-state index in [0.29, 0.717) is 18.7 Å². The van der Waals surface area contributed by atoms with Crippen molar-refractivity contribution in [2.75, 3.05) is 0 Å². The number of rotatable bonds is 6. The topological polar surface area (TPSA) is 51.0 Å². The molecule has 5 nitrogen and oxygen atoms in total. The van der Waals surface area contributed by atoms with Gasteiger partial charge in [0.2, 0.25) is 0 Å². The van der Waals surface area contributed by atoms with Crippen molar-refractivity contribution in [3.63, 3.8) is 0 Å². The minimum absolute atomic E-state index is 0.0441. The molecule has 0 saturated heterocycles. The van der Waals surface area contributed by atoms with Crippen LogP contribution in [0.4, 0.5) is 0 Å². The maximum absolute atomic E-state index is 13.2. The van der Waals surface area contributed by atoms with Crippen molar-refractivity contribution in [3.05, 3.63) is 114 Å². The Morgan fingerprint density at radius 2 is 1.50 bits per heavy atom. The Hall–Kier alpha value is -3.73. The molecule has 0 N–H and O–H groups in total. The molecule has 4 rings (SSSR count). The number of imidazole rings is 1. The summed E-state index contributed by atoms with van der Waals surface area (Å²) in [6, 6.07) is 23.7. The number of hydrogen-bond donors (Lipinski definition) is 0. The fourth-order valence-electron chi connectivity index (χ4n) is 3.05. The number of benzene rings is 2. The van der Waals surface area contributed by atoms with E-state index in [4.69, 9.17) is 0 Å². The van der Waals surface area contributed by atoms with Gasteiger partial charge in [-0.15, -0.1) is 0 Å². The first-order valence-electron chi connectivity index (χ1n) is 9.11. The SMILES string of the molecule is O=C(c1ccc(-n2ccnc2)nc1)N(Cc1ccccc1)Cc1ccccc1. The predicted molar refractivity (Wildman–Crippen MR) is 108 cm³/mol. The maximum Gasteiger partial charge on any atom is 0.256 e. The van der Waals surface area contributed by atoms with Gasteiger partial charge in [0, 0.05) is 31.7 Å². The second kappa shape index (κ2) is 8.31. The highest BCUT2D eigenvalue weighted by Gasteiger charge is 2.17. The van der Waals surface area contributed by atoms with Crippen LogP contribution in [0, 0.1) is 0 Å². The zero-order valence-corrected chi connectivity index (χ0v) is 15.3. The lowest BCUT2D eigenvalue weighted by Crippen LogP contribution is -2.30. The molecule has 2 aromatic heterocycles. The first-order valence-corrected chi connectivity index (χ1v) is 9.11. The van der Waals surface area contributed by atoms with Crippen molar-refractivity contribution in [3.8, 4) is 5.82 Å². The standard InChI is InChI=1S/C23H20N4O/c28-23(21-11-12-22(25-15-21)26-14-13-24-18-26)27(16-19-7-3-1-4-8-19)17-20-9-5-2-6-10-20/h1-15,18H,16-17H2. The highest BCUT2D eigenvalue weighted by Crippen LogP contribution is 2.15. The Labute approximate surface area is 163 Å². The van der Waals surface area contributed by atoms with E-state index in [1.54, 1.807) is 23.3 Å². The van der Waals surface area contributed by atoms with Gasteiger partial charge in [0.05, 0.1) is 5.56 Å². The number of carbonyl (C=O) groups is 1. The summed E-state index contributed by atoms with van der Waals surface area (Å²) in [7, 11) is 0. The molecule has 138 valence electrons. The van der Waals surface area contributed by atoms with Gasteiger partial charge in [0.25, 0.3) is 5.91 Å². The van der Waals surface area contributed by atoms with Crippen LogP contribution in [-0.2, 0) is 13.1 Å². The summed E-state index contributed by atoms with van der Waals surface area (Å²) in [6.07, 6.45) is 6.82. The molecule has 0 aliphatic rings. The predicted octanol–water partition coefficient (Wildman–Crippen LogP) is 4.11. The zero-order chi connectivity index (χ0) is 19.2. The summed E-state index contributed by atoms with van der Waals surface area (Å²) in [4.78, 5) is 23.5. The van der Waals surface area contributed by atoms with Crippen molar-refractivity contribution in [2.24, 2.45) is 0 Å². The van der Waals surface area contributed by atoms with Crippen LogP contribution in [0.5, 0.6) is 0 Å². The van der Waals surface area contributed by atoms with Crippen LogP contribution in [-0.4, -0.2) is 25.3 Å². The van der Waals surface area contributed by atoms with E-state index in [1.807, 2.05) is 83.9 Å². The van der Waals surface area contributed by atoms with E-state index in [2.05, 4.69) is 9.97 Å². The van der Waals surface area contributed by atoms with Gasteiger partial charge >= 0.3 is 0 Å². The number of amides is 1. The average Bonchev–Trinajstić information content (AvgIpc) is 3.29. The second-order valence-electron chi connectivity index (χ2n) is 6.51. The lowest BCUT2D eigenvalue weighted by atomic mass is 10.1. The molecule has 0 saturated carbocycles. The molecule has 0 aliphatic carbocycles. The molecule has 2 aromatic carbocycles. The fourth-order valence-corrected chi connectivity index (χ4v) is 3.05. The minimum Gasteiger partial charge on any atom is -0.330 e. The Bertz CT molecular complexity index is 972. The smallest absolute Gasteiger partial charge is 0.256 e. The molecular weight excluding hydrogens is 348 g/mol.